The Balaban J connectivity index is 1.90. The molecular weight excluding hydrogens is 267 g/mol. The van der Waals surface area contributed by atoms with Crippen LogP contribution in [0.4, 0.5) is 10.1 Å². The predicted molar refractivity (Wildman–Crippen MR) is 80.8 cm³/mol. The summed E-state index contributed by atoms with van der Waals surface area (Å²) in [5.74, 6) is -0.619. The molecule has 0 spiro atoms. The smallest absolute Gasteiger partial charge is 0.249 e. The summed E-state index contributed by atoms with van der Waals surface area (Å²) in [6, 6.07) is 10.5. The molecule has 0 bridgehead atoms. The highest BCUT2D eigenvalue weighted by Gasteiger charge is 2.23. The Morgan fingerprint density at radius 1 is 1.33 bits per heavy atom. The molecule has 1 aliphatic rings. The van der Waals surface area contributed by atoms with Crippen LogP contribution in [0.25, 0.3) is 0 Å². The molecule has 0 aromatic heterocycles. The van der Waals surface area contributed by atoms with Crippen LogP contribution in [0, 0.1) is 12.7 Å². The molecule has 1 amide bonds. The Hall–Kier alpha value is -2.36. The zero-order chi connectivity index (χ0) is 15.0. The Labute approximate surface area is 123 Å². The van der Waals surface area contributed by atoms with E-state index in [1.807, 2.05) is 25.1 Å². The highest BCUT2D eigenvalue weighted by Crippen LogP contribution is 2.35. The van der Waals surface area contributed by atoms with Crippen molar-refractivity contribution in [1.29, 1.82) is 0 Å². The minimum atomic E-state index is -0.426. The second-order valence-corrected chi connectivity index (χ2v) is 5.42. The highest BCUT2D eigenvalue weighted by atomic mass is 19.1. The monoisotopic (exact) mass is 284 g/mol. The number of amides is 1. The van der Waals surface area contributed by atoms with Crippen molar-refractivity contribution in [3.05, 3.63) is 64.5 Å². The number of primary amides is 1. The molecule has 2 aromatic rings. The van der Waals surface area contributed by atoms with Crippen LogP contribution >= 0.6 is 0 Å². The Bertz CT molecular complexity index is 712. The molecule has 1 atom stereocenters. The molecule has 0 fully saturated rings. The molecule has 0 radical (unpaired) electrons. The first-order chi connectivity index (χ1) is 10.1. The summed E-state index contributed by atoms with van der Waals surface area (Å²) in [7, 11) is 0. The Morgan fingerprint density at radius 3 is 2.90 bits per heavy atom. The molecule has 0 saturated heterocycles. The lowest BCUT2D eigenvalue weighted by atomic mass is 10.0. The van der Waals surface area contributed by atoms with Crippen molar-refractivity contribution >= 4 is 11.6 Å². The van der Waals surface area contributed by atoms with Crippen LogP contribution in [0.5, 0.6) is 0 Å². The maximum atomic E-state index is 13.3. The predicted octanol–water partition coefficient (Wildman–Crippen LogP) is 3.33. The molecule has 3 rings (SSSR count). The normalized spacial score (nSPS) is 16.6. The summed E-state index contributed by atoms with van der Waals surface area (Å²) in [4.78, 5) is 11.4. The summed E-state index contributed by atoms with van der Waals surface area (Å²) in [6.45, 7) is 1.88. The van der Waals surface area contributed by atoms with E-state index in [9.17, 15) is 9.18 Å². The number of benzene rings is 2. The van der Waals surface area contributed by atoms with Crippen LogP contribution in [0.1, 0.15) is 39.5 Å². The number of aryl methyl sites for hydroxylation is 1. The van der Waals surface area contributed by atoms with Crippen molar-refractivity contribution < 1.29 is 9.18 Å². The van der Waals surface area contributed by atoms with Crippen LogP contribution < -0.4 is 11.1 Å². The van der Waals surface area contributed by atoms with E-state index in [1.165, 1.54) is 6.07 Å². The first-order valence-corrected chi connectivity index (χ1v) is 7.00. The number of hydrogen-bond acceptors (Lipinski definition) is 2. The van der Waals surface area contributed by atoms with Crippen LogP contribution in [-0.2, 0) is 6.42 Å². The fourth-order valence-electron chi connectivity index (χ4n) is 2.98. The molecule has 0 aliphatic heterocycles. The van der Waals surface area contributed by atoms with Gasteiger partial charge in [-0.2, -0.15) is 0 Å². The van der Waals surface area contributed by atoms with Crippen molar-refractivity contribution in [1.82, 2.24) is 0 Å². The van der Waals surface area contributed by atoms with Crippen LogP contribution in [0.3, 0.4) is 0 Å². The third-order valence-corrected chi connectivity index (χ3v) is 4.11. The van der Waals surface area contributed by atoms with Gasteiger partial charge in [-0.15, -0.1) is 0 Å². The van der Waals surface area contributed by atoms with Gasteiger partial charge in [-0.3, -0.25) is 4.79 Å². The molecule has 2 aromatic carbocycles. The molecule has 0 heterocycles. The standard InChI is InChI=1S/C17H17FN2O/c1-10-13(17(19)21)3-2-4-15(10)20-16-8-5-11-9-12(18)6-7-14(11)16/h2-4,6-7,9,16,20H,5,8H2,1H3,(H2,19,21). The van der Waals surface area contributed by atoms with Crippen LogP contribution in [0.15, 0.2) is 36.4 Å². The lowest BCUT2D eigenvalue weighted by Crippen LogP contribution is -2.15. The molecular formula is C17H17FN2O. The Morgan fingerprint density at radius 2 is 2.14 bits per heavy atom. The third kappa shape index (κ3) is 2.49. The van der Waals surface area contributed by atoms with E-state index in [-0.39, 0.29) is 11.9 Å². The molecule has 108 valence electrons. The van der Waals surface area contributed by atoms with Gasteiger partial charge in [0.1, 0.15) is 5.82 Å². The number of halogens is 1. The van der Waals surface area contributed by atoms with Gasteiger partial charge >= 0.3 is 0 Å². The zero-order valence-electron chi connectivity index (χ0n) is 11.8. The number of nitrogens with two attached hydrogens (primary N) is 1. The topological polar surface area (TPSA) is 55.1 Å². The average molecular weight is 284 g/mol. The maximum Gasteiger partial charge on any atom is 0.249 e. The number of carbonyl (C=O) groups is 1. The molecule has 1 aliphatic carbocycles. The second-order valence-electron chi connectivity index (χ2n) is 5.42. The van der Waals surface area contributed by atoms with Gasteiger partial charge in [-0.25, -0.2) is 4.39 Å². The zero-order valence-corrected chi connectivity index (χ0v) is 11.8. The van der Waals surface area contributed by atoms with Crippen molar-refractivity contribution in [2.45, 2.75) is 25.8 Å². The van der Waals surface area contributed by atoms with Gasteiger partial charge in [0.2, 0.25) is 5.91 Å². The molecule has 4 heteroatoms. The first-order valence-electron chi connectivity index (χ1n) is 7.00. The molecule has 21 heavy (non-hydrogen) atoms. The average Bonchev–Trinajstić information content (AvgIpc) is 2.83. The molecule has 0 saturated carbocycles. The van der Waals surface area contributed by atoms with Crippen molar-refractivity contribution in [2.75, 3.05) is 5.32 Å². The molecule has 1 unspecified atom stereocenters. The van der Waals surface area contributed by atoms with E-state index in [0.29, 0.717) is 5.56 Å². The Kier molecular flexibility index (Phi) is 3.37. The lowest BCUT2D eigenvalue weighted by Gasteiger charge is -2.18. The number of nitrogens with one attached hydrogen (secondary N) is 1. The molecule has 3 N–H and O–H groups in total. The minimum Gasteiger partial charge on any atom is -0.378 e. The summed E-state index contributed by atoms with van der Waals surface area (Å²) in [5, 5.41) is 3.45. The van der Waals surface area contributed by atoms with Gasteiger partial charge in [-0.05, 0) is 60.7 Å². The van der Waals surface area contributed by atoms with Gasteiger partial charge in [0.05, 0.1) is 6.04 Å². The quantitative estimate of drug-likeness (QED) is 0.908. The van der Waals surface area contributed by atoms with Gasteiger partial charge in [0, 0.05) is 11.3 Å². The fourth-order valence-corrected chi connectivity index (χ4v) is 2.98. The molecule has 3 nitrogen and oxygen atoms in total. The van der Waals surface area contributed by atoms with Gasteiger partial charge < -0.3 is 11.1 Å². The summed E-state index contributed by atoms with van der Waals surface area (Å²) in [5.41, 5.74) is 9.82. The number of carbonyl (C=O) groups excluding carboxylic acids is 1. The van der Waals surface area contributed by atoms with Crippen molar-refractivity contribution in [3.63, 3.8) is 0 Å². The largest absolute Gasteiger partial charge is 0.378 e. The third-order valence-electron chi connectivity index (χ3n) is 4.11. The SMILES string of the molecule is Cc1c(NC2CCc3cc(F)ccc32)cccc1C(N)=O. The summed E-state index contributed by atoms with van der Waals surface area (Å²) in [6.07, 6.45) is 1.78. The fraction of sp³-hybridized carbons (Fsp3) is 0.235. The van der Waals surface area contributed by atoms with E-state index < -0.39 is 5.91 Å². The van der Waals surface area contributed by atoms with E-state index in [0.717, 1.165) is 35.2 Å². The minimum absolute atomic E-state index is 0.141. The van der Waals surface area contributed by atoms with Crippen molar-refractivity contribution in [3.8, 4) is 0 Å². The highest BCUT2D eigenvalue weighted by molar-refractivity contribution is 5.95. The van der Waals surface area contributed by atoms with E-state index in [1.54, 1.807) is 12.1 Å². The summed E-state index contributed by atoms with van der Waals surface area (Å²) < 4.78 is 13.3. The number of rotatable bonds is 3. The number of hydrogen-bond donors (Lipinski definition) is 2. The van der Waals surface area contributed by atoms with Crippen LogP contribution in [0.2, 0.25) is 0 Å². The van der Waals surface area contributed by atoms with Gasteiger partial charge in [0.25, 0.3) is 0 Å². The van der Waals surface area contributed by atoms with E-state index >= 15 is 0 Å². The van der Waals surface area contributed by atoms with E-state index in [2.05, 4.69) is 5.32 Å². The van der Waals surface area contributed by atoms with Crippen LogP contribution in [-0.4, -0.2) is 5.91 Å². The maximum absolute atomic E-state index is 13.3. The number of anilines is 1. The van der Waals surface area contributed by atoms with E-state index in [4.69, 9.17) is 5.73 Å². The number of fused-ring (bicyclic) bond motifs is 1. The van der Waals surface area contributed by atoms with Crippen molar-refractivity contribution in [2.24, 2.45) is 5.73 Å². The first kappa shape index (κ1) is 13.6. The lowest BCUT2D eigenvalue weighted by molar-refractivity contribution is 0.1000. The summed E-state index contributed by atoms with van der Waals surface area (Å²) >= 11 is 0. The van der Waals surface area contributed by atoms with Gasteiger partial charge in [-0.1, -0.05) is 12.1 Å². The van der Waals surface area contributed by atoms with Gasteiger partial charge in [0.15, 0.2) is 0 Å². The second kappa shape index (κ2) is 5.20.